The number of nitrogens with zero attached hydrogens (tertiary/aromatic N) is 2. The first-order chi connectivity index (χ1) is 12.3. The third-order valence-electron chi connectivity index (χ3n) is 5.10. The molecule has 26 heavy (non-hydrogen) atoms. The van der Waals surface area contributed by atoms with Crippen LogP contribution in [0.5, 0.6) is 5.88 Å². The molecule has 2 aliphatic carbocycles. The van der Waals surface area contributed by atoms with Gasteiger partial charge >= 0.3 is 6.18 Å². The number of amides is 1. The van der Waals surface area contributed by atoms with Gasteiger partial charge in [0.05, 0.1) is 5.56 Å². The van der Waals surface area contributed by atoms with Gasteiger partial charge in [-0.1, -0.05) is 37.3 Å². The van der Waals surface area contributed by atoms with Gasteiger partial charge < -0.3 is 9.64 Å². The molecular weight excluding hydrogens is 369 g/mol. The fourth-order valence-electron chi connectivity index (χ4n) is 3.94. The van der Waals surface area contributed by atoms with E-state index in [1.165, 1.54) is 12.3 Å². The molecule has 4 nitrogen and oxygen atoms in total. The van der Waals surface area contributed by atoms with E-state index < -0.39 is 12.8 Å². The molecule has 0 radical (unpaired) electrons. The van der Waals surface area contributed by atoms with Crippen molar-refractivity contribution < 1.29 is 22.7 Å². The van der Waals surface area contributed by atoms with Gasteiger partial charge in [-0.3, -0.25) is 4.79 Å². The van der Waals surface area contributed by atoms with E-state index in [1.807, 2.05) is 4.90 Å². The Morgan fingerprint density at radius 1 is 1.15 bits per heavy atom. The zero-order chi connectivity index (χ0) is 18.7. The predicted octanol–water partition coefficient (Wildman–Crippen LogP) is 5.00. The Kier molecular flexibility index (Phi) is 5.95. The van der Waals surface area contributed by atoms with Crippen molar-refractivity contribution in [2.75, 3.05) is 6.61 Å². The molecule has 0 bridgehead atoms. The minimum Gasteiger partial charge on any atom is -0.467 e. The molecule has 8 heteroatoms. The quantitative estimate of drug-likeness (QED) is 0.710. The van der Waals surface area contributed by atoms with Crippen molar-refractivity contribution in [3.8, 4) is 5.88 Å². The molecule has 2 fully saturated rings. The summed E-state index contributed by atoms with van der Waals surface area (Å²) >= 11 is 6.00. The number of halogens is 4. The molecule has 0 saturated heterocycles. The third kappa shape index (κ3) is 4.61. The van der Waals surface area contributed by atoms with Crippen LogP contribution in [0, 0.1) is 0 Å². The second-order valence-corrected chi connectivity index (χ2v) is 7.41. The van der Waals surface area contributed by atoms with Gasteiger partial charge in [0.1, 0.15) is 5.02 Å². The van der Waals surface area contributed by atoms with Gasteiger partial charge in [0.2, 0.25) is 5.88 Å². The summed E-state index contributed by atoms with van der Waals surface area (Å²) in [5, 5.41) is -0.0853. The molecule has 1 amide bonds. The third-order valence-corrected chi connectivity index (χ3v) is 5.37. The summed E-state index contributed by atoms with van der Waals surface area (Å²) in [6.07, 6.45) is 5.24. The number of hydrogen-bond donors (Lipinski definition) is 0. The highest BCUT2D eigenvalue weighted by molar-refractivity contribution is 6.32. The maximum atomic E-state index is 13.1. The van der Waals surface area contributed by atoms with Gasteiger partial charge in [0, 0.05) is 18.3 Å². The summed E-state index contributed by atoms with van der Waals surface area (Å²) in [5.41, 5.74) is 0.299. The highest BCUT2D eigenvalue weighted by Gasteiger charge is 2.35. The Morgan fingerprint density at radius 3 is 2.15 bits per heavy atom. The van der Waals surface area contributed by atoms with Crippen LogP contribution in [0.4, 0.5) is 13.2 Å². The van der Waals surface area contributed by atoms with E-state index in [0.29, 0.717) is 5.56 Å². The van der Waals surface area contributed by atoms with E-state index in [2.05, 4.69) is 9.72 Å². The number of carbonyl (C=O) groups excluding carboxylic acids is 1. The highest BCUT2D eigenvalue weighted by atomic mass is 35.5. The van der Waals surface area contributed by atoms with E-state index in [4.69, 9.17) is 11.6 Å². The minimum absolute atomic E-state index is 0.0853. The van der Waals surface area contributed by atoms with Gasteiger partial charge in [-0.05, 0) is 31.7 Å². The summed E-state index contributed by atoms with van der Waals surface area (Å²) in [4.78, 5) is 18.9. The zero-order valence-corrected chi connectivity index (χ0v) is 15.2. The standard InChI is InChI=1S/C18H22ClF3N2O2/c19-15-9-12(10-23-16(15)26-11-18(20,21)22)17(25)24(13-5-1-2-6-13)14-7-3-4-8-14/h9-10,13-14H,1-8,11H2. The van der Waals surface area contributed by atoms with Crippen molar-refractivity contribution in [1.29, 1.82) is 0 Å². The largest absolute Gasteiger partial charge is 0.467 e. The van der Waals surface area contributed by atoms with Crippen molar-refractivity contribution in [2.24, 2.45) is 0 Å². The molecule has 0 aromatic carbocycles. The summed E-state index contributed by atoms with van der Waals surface area (Å²) < 4.78 is 41.4. The molecule has 0 spiro atoms. The summed E-state index contributed by atoms with van der Waals surface area (Å²) in [6.45, 7) is -1.47. The summed E-state index contributed by atoms with van der Waals surface area (Å²) in [7, 11) is 0. The number of rotatable bonds is 5. The number of ether oxygens (including phenoxy) is 1. The molecule has 1 aromatic rings. The zero-order valence-electron chi connectivity index (χ0n) is 14.4. The SMILES string of the molecule is O=C(c1cnc(OCC(F)(F)F)c(Cl)c1)N(C1CCCC1)C1CCCC1. The first-order valence-electron chi connectivity index (χ1n) is 9.03. The van der Waals surface area contributed by atoms with Crippen molar-refractivity contribution in [2.45, 2.75) is 69.6 Å². The number of hydrogen-bond acceptors (Lipinski definition) is 3. The first-order valence-corrected chi connectivity index (χ1v) is 9.41. The Morgan fingerprint density at radius 2 is 1.69 bits per heavy atom. The highest BCUT2D eigenvalue weighted by Crippen LogP contribution is 2.33. The monoisotopic (exact) mass is 390 g/mol. The van der Waals surface area contributed by atoms with Crippen molar-refractivity contribution in [3.63, 3.8) is 0 Å². The maximum Gasteiger partial charge on any atom is 0.422 e. The Balaban J connectivity index is 1.77. The van der Waals surface area contributed by atoms with Crippen molar-refractivity contribution >= 4 is 17.5 Å². The van der Waals surface area contributed by atoms with Crippen molar-refractivity contribution in [3.05, 3.63) is 22.8 Å². The van der Waals surface area contributed by atoms with Gasteiger partial charge in [0.25, 0.3) is 5.91 Å². The van der Waals surface area contributed by atoms with E-state index in [1.54, 1.807) is 0 Å². The van der Waals surface area contributed by atoms with Crippen LogP contribution in [0.1, 0.15) is 61.7 Å². The fourth-order valence-corrected chi connectivity index (χ4v) is 4.16. The van der Waals surface area contributed by atoms with E-state index in [9.17, 15) is 18.0 Å². The van der Waals surface area contributed by atoms with Crippen LogP contribution in [-0.4, -0.2) is 40.7 Å². The lowest BCUT2D eigenvalue weighted by atomic mass is 10.1. The molecule has 2 saturated carbocycles. The van der Waals surface area contributed by atoms with Crippen LogP contribution in [0.2, 0.25) is 5.02 Å². The van der Waals surface area contributed by atoms with Gasteiger partial charge in [-0.25, -0.2) is 4.98 Å². The Labute approximate surface area is 155 Å². The van der Waals surface area contributed by atoms with Crippen LogP contribution in [-0.2, 0) is 0 Å². The number of carbonyl (C=O) groups is 1. The topological polar surface area (TPSA) is 42.4 Å². The van der Waals surface area contributed by atoms with Crippen molar-refractivity contribution in [1.82, 2.24) is 9.88 Å². The van der Waals surface area contributed by atoms with Gasteiger partial charge in [0.15, 0.2) is 6.61 Å². The normalized spacial score (nSPS) is 19.1. The van der Waals surface area contributed by atoms with Crippen LogP contribution in [0.3, 0.4) is 0 Å². The van der Waals surface area contributed by atoms with E-state index in [-0.39, 0.29) is 28.9 Å². The Hall–Kier alpha value is -1.50. The maximum absolute atomic E-state index is 13.1. The molecular formula is C18H22ClF3N2O2. The molecule has 0 atom stereocenters. The van der Waals surface area contributed by atoms with Crippen LogP contribution < -0.4 is 4.74 Å². The number of aromatic nitrogens is 1. The Bertz CT molecular complexity index is 626. The second-order valence-electron chi connectivity index (χ2n) is 7.00. The average molecular weight is 391 g/mol. The van der Waals surface area contributed by atoms with E-state index in [0.717, 1.165) is 51.4 Å². The number of pyridine rings is 1. The molecule has 0 N–H and O–H groups in total. The molecule has 3 rings (SSSR count). The predicted molar refractivity (Wildman–Crippen MR) is 91.5 cm³/mol. The lowest BCUT2D eigenvalue weighted by Gasteiger charge is -2.34. The summed E-state index contributed by atoms with van der Waals surface area (Å²) in [6, 6.07) is 1.82. The molecule has 0 unspecified atom stereocenters. The van der Waals surface area contributed by atoms with Gasteiger partial charge in [-0.2, -0.15) is 13.2 Å². The lowest BCUT2D eigenvalue weighted by Crippen LogP contribution is -2.45. The van der Waals surface area contributed by atoms with Crippen LogP contribution in [0.25, 0.3) is 0 Å². The van der Waals surface area contributed by atoms with Gasteiger partial charge in [-0.15, -0.1) is 0 Å². The summed E-state index contributed by atoms with van der Waals surface area (Å²) in [5.74, 6) is -0.450. The fraction of sp³-hybridized carbons (Fsp3) is 0.667. The van der Waals surface area contributed by atoms with Crippen LogP contribution in [0.15, 0.2) is 12.3 Å². The number of alkyl halides is 3. The smallest absolute Gasteiger partial charge is 0.422 e. The molecule has 1 heterocycles. The minimum atomic E-state index is -4.47. The average Bonchev–Trinajstić information content (AvgIpc) is 3.27. The second kappa shape index (κ2) is 8.03. The first kappa shape index (κ1) is 19.3. The molecule has 1 aromatic heterocycles. The van der Waals surface area contributed by atoms with Crippen LogP contribution >= 0.6 is 11.6 Å². The molecule has 0 aliphatic heterocycles. The molecule has 2 aliphatic rings. The molecule has 144 valence electrons. The van der Waals surface area contributed by atoms with E-state index >= 15 is 0 Å². The lowest BCUT2D eigenvalue weighted by molar-refractivity contribution is -0.154.